The molecule has 70 heavy (non-hydrogen) atoms. The first kappa shape index (κ1) is 57.5. The van der Waals surface area contributed by atoms with Crippen molar-refractivity contribution in [2.24, 2.45) is 29.4 Å². The number of carboxylic acid groups (broad SMARTS) is 2. The lowest BCUT2D eigenvalue weighted by Crippen LogP contribution is -2.61. The smallest absolute Gasteiger partial charge is 0.326 e. The molecule has 0 saturated carbocycles. The lowest BCUT2D eigenvalue weighted by atomic mass is 9.96. The van der Waals surface area contributed by atoms with E-state index in [1.807, 2.05) is 38.1 Å². The predicted molar refractivity (Wildman–Crippen MR) is 262 cm³/mol. The Morgan fingerprint density at radius 3 is 1.66 bits per heavy atom. The normalized spacial score (nSPS) is 15.3. The van der Waals surface area contributed by atoms with Crippen molar-refractivity contribution in [1.29, 1.82) is 0 Å². The highest BCUT2D eigenvalue weighted by Gasteiger charge is 2.36. The average Bonchev–Trinajstić information content (AvgIpc) is 3.71. The monoisotopic (exact) mass is 976 g/mol. The lowest BCUT2D eigenvalue weighted by molar-refractivity contribution is -0.142. The van der Waals surface area contributed by atoms with E-state index >= 15 is 0 Å². The van der Waals surface area contributed by atoms with E-state index in [1.54, 1.807) is 78.1 Å². The number of nitrogens with two attached hydrogens (primary N) is 1. The number of carbonyl (C=O) groups excluding carboxylic acids is 7. The number of nitrogens with one attached hydrogen (secondary N) is 8. The number of carbonyl (C=O) groups is 9. The van der Waals surface area contributed by atoms with E-state index in [0.717, 1.165) is 10.9 Å². The molecular formula is C50H73N9O11. The summed E-state index contributed by atoms with van der Waals surface area (Å²) in [6.07, 6.45) is 1.71. The maximum absolute atomic E-state index is 14.2. The van der Waals surface area contributed by atoms with E-state index in [0.29, 0.717) is 17.5 Å². The number of carboxylic acids is 2. The first-order valence-electron chi connectivity index (χ1n) is 23.8. The molecule has 0 fully saturated rings. The second-order valence-corrected chi connectivity index (χ2v) is 19.0. The van der Waals surface area contributed by atoms with Gasteiger partial charge in [0.15, 0.2) is 0 Å². The highest BCUT2D eigenvalue weighted by Crippen LogP contribution is 2.20. The highest BCUT2D eigenvalue weighted by atomic mass is 16.4. The fourth-order valence-corrected chi connectivity index (χ4v) is 7.62. The molecule has 20 nitrogen and oxygen atoms in total. The number of hydrogen-bond acceptors (Lipinski definition) is 10. The van der Waals surface area contributed by atoms with Gasteiger partial charge in [0.05, 0.1) is 6.04 Å². The molecule has 0 saturated heterocycles. The standard InChI is InChI=1S/C50H73N9O11/c1-10-29(8)42(59-44(63)34(51)20-21-39(60)61)49(68)55-37(23-31-16-12-11-13-17-31)46(65)54-36(22-26(2)3)45(64)53-30(9)43(62)57-41(28(6)7)48(67)58-40(27(4)5)47(66)56-38(50(69)70)24-32-25-52-35-19-15-14-18-33(32)35/h11-19,25-30,34,36-38,40-42,52H,10,20-24,51H2,1-9H3,(H,53,64)(H,54,65)(H,55,68)(H,56,66)(H,57,62)(H,58,67)(H,59,63)(H,60,61)(H,69,70)/t29-,30-,34-,36-,37-,38-,40-,41-,42-/m0/s1. The molecule has 3 rings (SSSR count). The zero-order valence-corrected chi connectivity index (χ0v) is 41.6. The SMILES string of the molecule is CC[C@H](C)[C@H](NC(=O)[C@@H](N)CCC(=O)O)C(=O)N[C@@H](Cc1ccccc1)C(=O)N[C@@H](CC(C)C)C(=O)N[C@@H](C)C(=O)N[C@H](C(=O)N[C@H](C(=O)N[C@@H](Cc1c[nH]c2ccccc12)C(=O)O)C(C)C)C(C)C. The van der Waals surface area contributed by atoms with E-state index in [-0.39, 0.29) is 38.0 Å². The maximum atomic E-state index is 14.2. The van der Waals surface area contributed by atoms with Crippen LogP contribution in [0.15, 0.2) is 60.8 Å². The van der Waals surface area contributed by atoms with Crippen LogP contribution in [0.2, 0.25) is 0 Å². The van der Waals surface area contributed by atoms with Gasteiger partial charge in [-0.3, -0.25) is 38.4 Å². The molecule has 1 heterocycles. The van der Waals surface area contributed by atoms with E-state index in [9.17, 15) is 48.3 Å². The zero-order valence-electron chi connectivity index (χ0n) is 41.6. The van der Waals surface area contributed by atoms with Crippen LogP contribution in [0.3, 0.4) is 0 Å². The van der Waals surface area contributed by atoms with Crippen molar-refractivity contribution in [2.75, 3.05) is 0 Å². The van der Waals surface area contributed by atoms with Crippen LogP contribution in [0.5, 0.6) is 0 Å². The third-order valence-electron chi connectivity index (χ3n) is 12.0. The van der Waals surface area contributed by atoms with E-state index in [1.165, 1.54) is 6.92 Å². The summed E-state index contributed by atoms with van der Waals surface area (Å²) in [7, 11) is 0. The summed E-state index contributed by atoms with van der Waals surface area (Å²) in [5.41, 5.74) is 8.10. The number of rotatable bonds is 28. The van der Waals surface area contributed by atoms with Gasteiger partial charge in [0.25, 0.3) is 0 Å². The summed E-state index contributed by atoms with van der Waals surface area (Å²) in [6, 6.07) is 6.41. The molecule has 7 amide bonds. The van der Waals surface area contributed by atoms with Gasteiger partial charge in [-0.05, 0) is 60.6 Å². The van der Waals surface area contributed by atoms with Crippen LogP contribution in [0.1, 0.15) is 99.1 Å². The molecule has 3 aromatic rings. The second-order valence-electron chi connectivity index (χ2n) is 19.0. The summed E-state index contributed by atoms with van der Waals surface area (Å²) in [4.78, 5) is 123. The molecule has 0 spiro atoms. The Hall–Kier alpha value is -6.83. The molecule has 2 aromatic carbocycles. The van der Waals surface area contributed by atoms with Gasteiger partial charge in [-0.15, -0.1) is 0 Å². The topological polar surface area (TPSA) is 320 Å². The van der Waals surface area contributed by atoms with Crippen molar-refractivity contribution < 1.29 is 53.4 Å². The zero-order chi connectivity index (χ0) is 52.4. The van der Waals surface area contributed by atoms with Gasteiger partial charge >= 0.3 is 11.9 Å². The minimum absolute atomic E-state index is 0.00430. The largest absolute Gasteiger partial charge is 0.481 e. The number of aromatic amines is 1. The van der Waals surface area contributed by atoms with Gasteiger partial charge in [0.2, 0.25) is 41.4 Å². The van der Waals surface area contributed by atoms with Crippen LogP contribution in [0.25, 0.3) is 10.9 Å². The van der Waals surface area contributed by atoms with Crippen molar-refractivity contribution in [1.82, 2.24) is 42.2 Å². The van der Waals surface area contributed by atoms with Gasteiger partial charge in [0, 0.05) is 36.4 Å². The molecule has 384 valence electrons. The van der Waals surface area contributed by atoms with E-state index in [4.69, 9.17) is 10.8 Å². The Bertz CT molecular complexity index is 2280. The first-order valence-corrected chi connectivity index (χ1v) is 23.8. The molecule has 0 aliphatic rings. The van der Waals surface area contributed by atoms with Gasteiger partial charge in [-0.2, -0.15) is 0 Å². The van der Waals surface area contributed by atoms with Crippen molar-refractivity contribution >= 4 is 64.2 Å². The van der Waals surface area contributed by atoms with E-state index < -0.39 is 119 Å². The van der Waals surface area contributed by atoms with Crippen LogP contribution in [0, 0.1) is 23.7 Å². The number of para-hydroxylation sites is 1. The molecule has 12 N–H and O–H groups in total. The number of fused-ring (bicyclic) bond motifs is 1. The maximum Gasteiger partial charge on any atom is 0.326 e. The van der Waals surface area contributed by atoms with Gasteiger partial charge < -0.3 is 58.1 Å². The highest BCUT2D eigenvalue weighted by molar-refractivity contribution is 5.98. The molecule has 0 aliphatic heterocycles. The Labute approximate surface area is 409 Å². The van der Waals surface area contributed by atoms with Gasteiger partial charge in [-0.1, -0.05) is 110 Å². The van der Waals surface area contributed by atoms with Crippen molar-refractivity contribution in [2.45, 2.75) is 149 Å². The number of H-pyrrole nitrogens is 1. The number of aromatic nitrogens is 1. The molecule has 0 bridgehead atoms. The van der Waals surface area contributed by atoms with Crippen LogP contribution in [0.4, 0.5) is 0 Å². The molecular weight excluding hydrogens is 903 g/mol. The molecule has 1 aromatic heterocycles. The fraction of sp³-hybridized carbons (Fsp3) is 0.540. The quantitative estimate of drug-likeness (QED) is 0.0498. The lowest BCUT2D eigenvalue weighted by Gasteiger charge is -2.29. The summed E-state index contributed by atoms with van der Waals surface area (Å²) in [6.45, 7) is 15.3. The minimum Gasteiger partial charge on any atom is -0.481 e. The predicted octanol–water partition coefficient (Wildman–Crippen LogP) is 2.05. The number of amides is 7. The summed E-state index contributed by atoms with van der Waals surface area (Å²) in [5, 5.41) is 38.5. The summed E-state index contributed by atoms with van der Waals surface area (Å²) < 4.78 is 0. The van der Waals surface area contributed by atoms with Crippen LogP contribution in [-0.4, -0.2) is 117 Å². The molecule has 9 atom stereocenters. The Morgan fingerprint density at radius 2 is 1.09 bits per heavy atom. The Morgan fingerprint density at radius 1 is 0.571 bits per heavy atom. The number of benzene rings is 2. The van der Waals surface area contributed by atoms with Crippen molar-refractivity contribution in [3.8, 4) is 0 Å². The van der Waals surface area contributed by atoms with E-state index in [2.05, 4.69) is 42.2 Å². The van der Waals surface area contributed by atoms with Crippen LogP contribution >= 0.6 is 0 Å². The second kappa shape index (κ2) is 27.4. The summed E-state index contributed by atoms with van der Waals surface area (Å²) >= 11 is 0. The minimum atomic E-state index is -1.32. The van der Waals surface area contributed by atoms with Crippen molar-refractivity contribution in [3.63, 3.8) is 0 Å². The fourth-order valence-electron chi connectivity index (χ4n) is 7.62. The summed E-state index contributed by atoms with van der Waals surface area (Å²) in [5.74, 6) is -9.06. The Kier molecular flexibility index (Phi) is 22.5. The molecule has 20 heteroatoms. The first-order chi connectivity index (χ1) is 32.9. The van der Waals surface area contributed by atoms with Crippen LogP contribution < -0.4 is 43.0 Å². The third kappa shape index (κ3) is 17.6. The Balaban J connectivity index is 1.75. The average molecular weight is 976 g/mol. The number of hydrogen-bond donors (Lipinski definition) is 11. The van der Waals surface area contributed by atoms with Gasteiger partial charge in [-0.25, -0.2) is 4.79 Å². The third-order valence-corrected chi connectivity index (χ3v) is 12.0. The van der Waals surface area contributed by atoms with Crippen molar-refractivity contribution in [3.05, 3.63) is 71.9 Å². The molecule has 0 unspecified atom stereocenters. The van der Waals surface area contributed by atoms with Gasteiger partial charge in [0.1, 0.15) is 42.3 Å². The molecule has 0 radical (unpaired) electrons. The number of aliphatic carboxylic acids is 2. The molecule has 0 aliphatic carbocycles. The van der Waals surface area contributed by atoms with Crippen LogP contribution in [-0.2, 0) is 56.0 Å².